The zero-order valence-electron chi connectivity index (χ0n) is 12.1. The second-order valence-electron chi connectivity index (χ2n) is 5.35. The molecule has 0 atom stereocenters. The SMILES string of the molecule is CCCCCCCCCCCCCCC[CH2][Sn+]. The molecule has 0 rings (SSSR count). The van der Waals surface area contributed by atoms with Crippen molar-refractivity contribution < 1.29 is 0 Å². The molecule has 0 N–H and O–H groups in total. The van der Waals surface area contributed by atoms with E-state index in [0.717, 1.165) is 0 Å². The molecule has 0 spiro atoms. The van der Waals surface area contributed by atoms with Crippen molar-refractivity contribution in [2.45, 2.75) is 101 Å². The van der Waals surface area contributed by atoms with E-state index in [4.69, 9.17) is 0 Å². The van der Waals surface area contributed by atoms with Crippen LogP contribution < -0.4 is 0 Å². The predicted molar refractivity (Wildman–Crippen MR) is 80.9 cm³/mol. The number of hydrogen-bond donors (Lipinski definition) is 0. The van der Waals surface area contributed by atoms with Crippen LogP contribution in [0.2, 0.25) is 4.44 Å². The summed E-state index contributed by atoms with van der Waals surface area (Å²) in [7, 11) is 0. The Hall–Kier alpha value is 0.799. The summed E-state index contributed by atoms with van der Waals surface area (Å²) in [5.41, 5.74) is 0. The van der Waals surface area contributed by atoms with Gasteiger partial charge in [0.2, 0.25) is 0 Å². The quantitative estimate of drug-likeness (QED) is 0.266. The van der Waals surface area contributed by atoms with E-state index in [1.165, 1.54) is 94.3 Å². The summed E-state index contributed by atoms with van der Waals surface area (Å²) < 4.78 is 1.46. The Morgan fingerprint density at radius 3 is 1.06 bits per heavy atom. The van der Waals surface area contributed by atoms with Crippen LogP contribution in [0.15, 0.2) is 0 Å². The second-order valence-corrected chi connectivity index (χ2v) is 6.77. The Morgan fingerprint density at radius 2 is 0.765 bits per heavy atom. The molecule has 0 unspecified atom stereocenters. The van der Waals surface area contributed by atoms with Crippen molar-refractivity contribution in [1.82, 2.24) is 0 Å². The van der Waals surface area contributed by atoms with Crippen LogP contribution in [0.3, 0.4) is 0 Å². The molecule has 0 fully saturated rings. The van der Waals surface area contributed by atoms with E-state index in [1.54, 1.807) is 22.5 Å². The molecule has 0 aliphatic rings. The van der Waals surface area contributed by atoms with Gasteiger partial charge in [0.1, 0.15) is 0 Å². The van der Waals surface area contributed by atoms with Crippen molar-refractivity contribution in [3.05, 3.63) is 0 Å². The molecule has 0 bridgehead atoms. The normalized spacial score (nSPS) is 10.9. The Balaban J connectivity index is 2.85. The van der Waals surface area contributed by atoms with Gasteiger partial charge in [0.25, 0.3) is 0 Å². The number of unbranched alkanes of at least 4 members (excludes halogenated alkanes) is 13. The average molecular weight is 344 g/mol. The summed E-state index contributed by atoms with van der Waals surface area (Å²) in [6, 6.07) is 0. The zero-order valence-corrected chi connectivity index (χ0v) is 15.0. The van der Waals surface area contributed by atoms with Crippen LogP contribution in [0.25, 0.3) is 0 Å². The molecule has 2 radical (unpaired) electrons. The Kier molecular flexibility index (Phi) is 17.6. The summed E-state index contributed by atoms with van der Waals surface area (Å²) in [5, 5.41) is 0. The average Bonchev–Trinajstić information content (AvgIpc) is 2.35. The van der Waals surface area contributed by atoms with E-state index in [-0.39, 0.29) is 0 Å². The van der Waals surface area contributed by atoms with Crippen molar-refractivity contribution in [3.63, 3.8) is 0 Å². The van der Waals surface area contributed by atoms with Crippen LogP contribution in [0.5, 0.6) is 0 Å². The molecule has 0 aromatic carbocycles. The first-order chi connectivity index (χ1) is 8.41. The third kappa shape index (κ3) is 16.8. The molecular formula is C16H33Sn+. The Labute approximate surface area is 123 Å². The first kappa shape index (κ1) is 17.8. The fourth-order valence-corrected chi connectivity index (χ4v) is 3.03. The molecule has 0 heterocycles. The second kappa shape index (κ2) is 16.8. The van der Waals surface area contributed by atoms with Gasteiger partial charge in [-0.1, -0.05) is 26.2 Å². The molecule has 0 saturated heterocycles. The van der Waals surface area contributed by atoms with Crippen LogP contribution >= 0.6 is 0 Å². The Bertz CT molecular complexity index is 109. The van der Waals surface area contributed by atoms with Gasteiger partial charge in [-0.2, -0.15) is 0 Å². The standard InChI is InChI=1S/C16H33.Sn/c1-3-5-7-9-11-13-15-16-14-12-10-8-6-4-2;/h1,3-16H2,2H3;/q;+1. The molecule has 17 heavy (non-hydrogen) atoms. The molecule has 0 aliphatic carbocycles. The van der Waals surface area contributed by atoms with Gasteiger partial charge in [-0.25, -0.2) is 0 Å². The summed E-state index contributed by atoms with van der Waals surface area (Å²) in [6.45, 7) is 2.29. The van der Waals surface area contributed by atoms with E-state index in [2.05, 4.69) is 6.92 Å². The van der Waals surface area contributed by atoms with Gasteiger partial charge in [-0.05, 0) is 0 Å². The molecule has 0 aromatic heterocycles. The van der Waals surface area contributed by atoms with Crippen molar-refractivity contribution in [1.29, 1.82) is 0 Å². The van der Waals surface area contributed by atoms with Gasteiger partial charge in [0, 0.05) is 0 Å². The van der Waals surface area contributed by atoms with E-state index in [0.29, 0.717) is 0 Å². The van der Waals surface area contributed by atoms with Crippen molar-refractivity contribution in [2.24, 2.45) is 0 Å². The molecule has 0 nitrogen and oxygen atoms in total. The molecular weight excluding hydrogens is 311 g/mol. The van der Waals surface area contributed by atoms with Crippen molar-refractivity contribution in [3.8, 4) is 0 Å². The maximum absolute atomic E-state index is 2.29. The van der Waals surface area contributed by atoms with Crippen molar-refractivity contribution >= 4 is 22.5 Å². The third-order valence-corrected chi connectivity index (χ3v) is 4.54. The summed E-state index contributed by atoms with van der Waals surface area (Å²) >= 11 is 1.72. The fraction of sp³-hybridized carbons (Fsp3) is 1.00. The van der Waals surface area contributed by atoms with Gasteiger partial charge in [0.15, 0.2) is 0 Å². The Morgan fingerprint density at radius 1 is 0.471 bits per heavy atom. The van der Waals surface area contributed by atoms with Crippen molar-refractivity contribution in [2.75, 3.05) is 0 Å². The molecule has 100 valence electrons. The van der Waals surface area contributed by atoms with Gasteiger partial charge < -0.3 is 0 Å². The third-order valence-electron chi connectivity index (χ3n) is 3.53. The van der Waals surface area contributed by atoms with E-state index < -0.39 is 0 Å². The first-order valence-corrected chi connectivity index (χ1v) is 10.1. The number of rotatable bonds is 14. The summed E-state index contributed by atoms with van der Waals surface area (Å²) in [6.07, 6.45) is 20.7. The van der Waals surface area contributed by atoms with Crippen LogP contribution in [-0.2, 0) is 0 Å². The van der Waals surface area contributed by atoms with Gasteiger partial charge in [0.05, 0.1) is 0 Å². The van der Waals surface area contributed by atoms with Gasteiger partial charge in [-0.3, -0.25) is 0 Å². The topological polar surface area (TPSA) is 0 Å². The number of hydrogen-bond acceptors (Lipinski definition) is 0. The van der Waals surface area contributed by atoms with Gasteiger partial charge in [-0.15, -0.1) is 0 Å². The van der Waals surface area contributed by atoms with Gasteiger partial charge >= 0.3 is 97.6 Å². The van der Waals surface area contributed by atoms with Crippen LogP contribution in [0.1, 0.15) is 96.8 Å². The minimum absolute atomic E-state index is 1.37. The van der Waals surface area contributed by atoms with E-state index in [9.17, 15) is 0 Å². The molecule has 0 aromatic rings. The van der Waals surface area contributed by atoms with E-state index >= 15 is 0 Å². The summed E-state index contributed by atoms with van der Waals surface area (Å²) in [4.78, 5) is 0. The molecule has 0 amide bonds. The van der Waals surface area contributed by atoms with Crippen LogP contribution in [0.4, 0.5) is 0 Å². The molecule has 1 heteroatoms. The molecule has 0 saturated carbocycles. The first-order valence-electron chi connectivity index (χ1n) is 8.06. The summed E-state index contributed by atoms with van der Waals surface area (Å²) in [5.74, 6) is 0. The van der Waals surface area contributed by atoms with E-state index in [1.807, 2.05) is 0 Å². The zero-order chi connectivity index (χ0) is 12.6. The predicted octanol–water partition coefficient (Wildman–Crippen LogP) is 6.05. The van der Waals surface area contributed by atoms with Crippen LogP contribution in [-0.4, -0.2) is 22.5 Å². The monoisotopic (exact) mass is 345 g/mol. The minimum atomic E-state index is 1.37. The fourth-order valence-electron chi connectivity index (χ4n) is 2.32. The van der Waals surface area contributed by atoms with Crippen LogP contribution in [0, 0.1) is 0 Å². The molecule has 0 aliphatic heterocycles. The maximum atomic E-state index is 2.29.